The Hall–Kier alpha value is -2.53. The van der Waals surface area contributed by atoms with Gasteiger partial charge in [-0.2, -0.15) is 0 Å². The van der Waals surface area contributed by atoms with E-state index in [4.69, 9.17) is 23.7 Å². The van der Waals surface area contributed by atoms with E-state index < -0.39 is 59.4 Å². The number of hydrogen-bond acceptors (Lipinski definition) is 8. The van der Waals surface area contributed by atoms with Crippen LogP contribution in [0.15, 0.2) is 24.3 Å². The molecule has 0 aliphatic carbocycles. The van der Waals surface area contributed by atoms with E-state index in [9.17, 15) is 14.4 Å². The number of fused-ring (bicyclic) bond motifs is 5. The number of rotatable bonds is 3. The average molecular weight is 460 g/mol. The van der Waals surface area contributed by atoms with Gasteiger partial charge in [0.15, 0.2) is 12.1 Å². The maximum atomic E-state index is 13.2. The summed E-state index contributed by atoms with van der Waals surface area (Å²) in [6.07, 6.45) is -2.92. The third-order valence-electron chi connectivity index (χ3n) is 6.16. The number of carbonyl (C=O) groups excluding carboxylic acids is 3. The predicted molar refractivity (Wildman–Crippen MR) is 112 cm³/mol. The molecular weight excluding hydrogens is 432 g/mol. The quantitative estimate of drug-likeness (QED) is 0.680. The van der Waals surface area contributed by atoms with E-state index in [-0.39, 0.29) is 13.2 Å². The molecule has 1 aromatic rings. The van der Waals surface area contributed by atoms with Crippen molar-refractivity contribution in [2.24, 2.45) is 0 Å². The SMILES string of the molecule is CC(C)(C)OC(=O)NC[C@@]12COC(O1)[C@H](N1C(=O)c3ccccc3C1=O)[C@H]1OC(C)(C)O[C@H]12. The van der Waals surface area contributed by atoms with Crippen LogP contribution < -0.4 is 5.32 Å². The number of imide groups is 1. The highest BCUT2D eigenvalue weighted by molar-refractivity contribution is 6.21. The third-order valence-corrected chi connectivity index (χ3v) is 6.16. The lowest BCUT2D eigenvalue weighted by atomic mass is 9.87. The summed E-state index contributed by atoms with van der Waals surface area (Å²) in [5, 5.41) is 2.73. The minimum atomic E-state index is -1.06. The monoisotopic (exact) mass is 460 g/mol. The maximum Gasteiger partial charge on any atom is 0.407 e. The summed E-state index contributed by atoms with van der Waals surface area (Å²) in [5.74, 6) is -1.84. The molecule has 4 aliphatic heterocycles. The first-order chi connectivity index (χ1) is 15.4. The summed E-state index contributed by atoms with van der Waals surface area (Å²) in [5.41, 5.74) is -1.05. The second-order valence-electron chi connectivity index (χ2n) is 10.3. The molecule has 3 fully saturated rings. The summed E-state index contributed by atoms with van der Waals surface area (Å²) in [6.45, 7) is 8.98. The first-order valence-corrected chi connectivity index (χ1v) is 11.0. The minimum Gasteiger partial charge on any atom is -0.444 e. The number of nitrogens with zero attached hydrogens (tertiary/aromatic N) is 1. The number of hydrogen-bond donors (Lipinski definition) is 1. The molecular formula is C23H28N2O8. The standard InChI is InChI=1S/C23H28N2O8/c1-21(2,3)33-20(28)24-10-23-11-29-19(32-23)14(15-16(23)31-22(4,5)30-15)25-17(26)12-8-6-7-9-13(12)18(25)27/h6-9,14-16,19H,10-11H2,1-5H3,(H,24,28)/t14-,15-,16-,19?,23+/m1/s1. The van der Waals surface area contributed by atoms with Crippen LogP contribution in [0.3, 0.4) is 0 Å². The highest BCUT2D eigenvalue weighted by Crippen LogP contribution is 2.48. The number of carbonyl (C=O) groups is 3. The molecule has 0 saturated carbocycles. The summed E-state index contributed by atoms with van der Waals surface area (Å²) in [7, 11) is 0. The molecule has 3 amide bonds. The lowest BCUT2D eigenvalue weighted by molar-refractivity contribution is -0.204. The Balaban J connectivity index is 1.43. The van der Waals surface area contributed by atoms with Gasteiger partial charge < -0.3 is 29.0 Å². The molecule has 1 aromatic carbocycles. The van der Waals surface area contributed by atoms with E-state index in [2.05, 4.69) is 5.32 Å². The number of ether oxygens (including phenoxy) is 5. The molecule has 4 aliphatic rings. The molecule has 2 bridgehead atoms. The Labute approximate surface area is 191 Å². The first-order valence-electron chi connectivity index (χ1n) is 11.0. The number of benzene rings is 1. The third kappa shape index (κ3) is 3.61. The molecule has 33 heavy (non-hydrogen) atoms. The Morgan fingerprint density at radius 2 is 1.76 bits per heavy atom. The van der Waals surface area contributed by atoms with E-state index in [1.807, 2.05) is 0 Å². The minimum absolute atomic E-state index is 0.0495. The van der Waals surface area contributed by atoms with Gasteiger partial charge in [-0.05, 0) is 46.8 Å². The van der Waals surface area contributed by atoms with Crippen molar-refractivity contribution in [3.8, 4) is 0 Å². The maximum absolute atomic E-state index is 13.2. The highest BCUT2D eigenvalue weighted by atomic mass is 16.8. The van der Waals surface area contributed by atoms with Crippen molar-refractivity contribution >= 4 is 17.9 Å². The van der Waals surface area contributed by atoms with Crippen molar-refractivity contribution in [3.63, 3.8) is 0 Å². The molecule has 1 unspecified atom stereocenters. The predicted octanol–water partition coefficient (Wildman–Crippen LogP) is 1.82. The second kappa shape index (κ2) is 7.23. The van der Waals surface area contributed by atoms with Crippen molar-refractivity contribution in [3.05, 3.63) is 35.4 Å². The zero-order valence-corrected chi connectivity index (χ0v) is 19.2. The fourth-order valence-electron chi connectivity index (χ4n) is 4.92. The van der Waals surface area contributed by atoms with Gasteiger partial charge >= 0.3 is 6.09 Å². The van der Waals surface area contributed by atoms with Gasteiger partial charge in [-0.1, -0.05) is 12.1 Å². The molecule has 10 nitrogen and oxygen atoms in total. The summed E-state index contributed by atoms with van der Waals surface area (Å²) < 4.78 is 29.9. The summed E-state index contributed by atoms with van der Waals surface area (Å²) >= 11 is 0. The molecule has 0 aromatic heterocycles. The van der Waals surface area contributed by atoms with Crippen molar-refractivity contribution in [2.45, 2.75) is 76.1 Å². The molecule has 10 heteroatoms. The van der Waals surface area contributed by atoms with E-state index >= 15 is 0 Å². The van der Waals surface area contributed by atoms with Gasteiger partial charge in [-0.25, -0.2) is 4.79 Å². The van der Waals surface area contributed by atoms with Crippen molar-refractivity contribution in [2.75, 3.05) is 13.2 Å². The topological polar surface area (TPSA) is 113 Å². The molecule has 178 valence electrons. The van der Waals surface area contributed by atoms with Gasteiger partial charge in [-0.15, -0.1) is 0 Å². The van der Waals surface area contributed by atoms with Crippen LogP contribution in [0.2, 0.25) is 0 Å². The summed E-state index contributed by atoms with van der Waals surface area (Å²) in [4.78, 5) is 39.8. The van der Waals surface area contributed by atoms with Crippen LogP contribution >= 0.6 is 0 Å². The molecule has 5 rings (SSSR count). The van der Waals surface area contributed by atoms with E-state index in [1.54, 1.807) is 58.9 Å². The largest absolute Gasteiger partial charge is 0.444 e. The smallest absolute Gasteiger partial charge is 0.407 e. The number of amides is 3. The first kappa shape index (κ1) is 22.3. The Morgan fingerprint density at radius 1 is 1.12 bits per heavy atom. The molecule has 0 radical (unpaired) electrons. The van der Waals surface area contributed by atoms with Crippen LogP contribution in [0.5, 0.6) is 0 Å². The van der Waals surface area contributed by atoms with Crippen LogP contribution in [0, 0.1) is 0 Å². The zero-order chi connectivity index (χ0) is 23.8. The fourth-order valence-corrected chi connectivity index (χ4v) is 4.92. The average Bonchev–Trinajstić information content (AvgIpc) is 3.34. The van der Waals surface area contributed by atoms with Crippen LogP contribution in [-0.2, 0) is 23.7 Å². The van der Waals surface area contributed by atoms with Gasteiger partial charge in [0.2, 0.25) is 0 Å². The number of nitrogens with one attached hydrogen (secondary N) is 1. The molecule has 5 atom stereocenters. The Kier molecular flexibility index (Phi) is 4.88. The van der Waals surface area contributed by atoms with Gasteiger partial charge in [0, 0.05) is 0 Å². The molecule has 1 N–H and O–H groups in total. The van der Waals surface area contributed by atoms with Gasteiger partial charge in [0.05, 0.1) is 24.3 Å². The van der Waals surface area contributed by atoms with Crippen molar-refractivity contribution in [1.29, 1.82) is 0 Å². The Bertz CT molecular complexity index is 983. The van der Waals surface area contributed by atoms with E-state index in [0.717, 1.165) is 4.90 Å². The molecule has 3 saturated heterocycles. The van der Waals surface area contributed by atoms with E-state index in [0.29, 0.717) is 11.1 Å². The zero-order valence-electron chi connectivity index (χ0n) is 19.2. The van der Waals surface area contributed by atoms with Gasteiger partial charge in [0.1, 0.15) is 29.5 Å². The van der Waals surface area contributed by atoms with Crippen molar-refractivity contribution < 1.29 is 38.1 Å². The van der Waals surface area contributed by atoms with Gasteiger partial charge in [0.25, 0.3) is 11.8 Å². The van der Waals surface area contributed by atoms with E-state index in [1.165, 1.54) is 0 Å². The van der Waals surface area contributed by atoms with Gasteiger partial charge in [-0.3, -0.25) is 14.5 Å². The lowest BCUT2D eigenvalue weighted by Crippen LogP contribution is -2.67. The van der Waals surface area contributed by atoms with Crippen LogP contribution in [0.4, 0.5) is 4.79 Å². The lowest BCUT2D eigenvalue weighted by Gasteiger charge is -2.44. The number of alkyl carbamates (subject to hydrolysis) is 1. The van der Waals surface area contributed by atoms with Crippen LogP contribution in [-0.4, -0.2) is 77.5 Å². The fraction of sp³-hybridized carbons (Fsp3) is 0.609. The summed E-state index contributed by atoms with van der Waals surface area (Å²) in [6, 6.07) is 5.83. The molecule has 0 spiro atoms. The van der Waals surface area contributed by atoms with Crippen LogP contribution in [0.25, 0.3) is 0 Å². The second-order valence-corrected chi connectivity index (χ2v) is 10.3. The Morgan fingerprint density at radius 3 is 2.36 bits per heavy atom. The van der Waals surface area contributed by atoms with Crippen molar-refractivity contribution in [1.82, 2.24) is 10.2 Å². The normalized spacial score (nSPS) is 34.3. The highest BCUT2D eigenvalue weighted by Gasteiger charge is 2.68. The molecule has 4 heterocycles. The van der Waals surface area contributed by atoms with Crippen LogP contribution in [0.1, 0.15) is 55.3 Å².